The Morgan fingerprint density at radius 3 is 2.83 bits per heavy atom. The van der Waals surface area contributed by atoms with Crippen molar-refractivity contribution in [2.75, 3.05) is 13.2 Å². The first-order valence-corrected chi connectivity index (χ1v) is 10.2. The van der Waals surface area contributed by atoms with Crippen molar-refractivity contribution in [2.24, 2.45) is 0 Å². The van der Waals surface area contributed by atoms with E-state index in [0.29, 0.717) is 19.0 Å². The minimum absolute atomic E-state index is 0.0348. The summed E-state index contributed by atoms with van der Waals surface area (Å²) in [6.07, 6.45) is 3.93. The van der Waals surface area contributed by atoms with Gasteiger partial charge >= 0.3 is 0 Å². The molecule has 5 rings (SSSR count). The number of rotatable bonds is 3. The zero-order chi connectivity index (χ0) is 20.8. The molecule has 1 amide bonds. The molecule has 0 radical (unpaired) electrons. The van der Waals surface area contributed by atoms with Gasteiger partial charge in [0.2, 0.25) is 5.82 Å². The number of carbonyl (C=O) groups is 1. The van der Waals surface area contributed by atoms with Gasteiger partial charge in [-0.2, -0.15) is 10.1 Å². The summed E-state index contributed by atoms with van der Waals surface area (Å²) in [6, 6.07) is 2.79. The van der Waals surface area contributed by atoms with Crippen LogP contribution in [0.25, 0.3) is 5.78 Å². The number of fused-ring (bicyclic) bond motifs is 2. The number of ether oxygens (including phenoxy) is 1. The number of amides is 1. The van der Waals surface area contributed by atoms with Gasteiger partial charge in [0.05, 0.1) is 24.9 Å². The van der Waals surface area contributed by atoms with Gasteiger partial charge in [-0.25, -0.2) is 14.2 Å². The molecule has 3 aromatic rings. The van der Waals surface area contributed by atoms with Crippen molar-refractivity contribution in [2.45, 2.75) is 51.6 Å². The lowest BCUT2D eigenvalue weighted by Gasteiger charge is -2.22. The molecule has 0 spiro atoms. The Morgan fingerprint density at radius 2 is 1.97 bits per heavy atom. The normalized spacial score (nSPS) is 21.0. The Morgan fingerprint density at radius 1 is 1.13 bits per heavy atom. The third-order valence-electron chi connectivity index (χ3n) is 5.73. The second-order valence-electron chi connectivity index (χ2n) is 7.98. The summed E-state index contributed by atoms with van der Waals surface area (Å²) in [7, 11) is 0. The average molecular weight is 409 g/mol. The summed E-state index contributed by atoms with van der Waals surface area (Å²) in [5.74, 6) is -0.0129. The maximum atomic E-state index is 12.8. The van der Waals surface area contributed by atoms with E-state index in [9.17, 15) is 9.59 Å². The molecular formula is C20H23N7O3. The minimum atomic E-state index is -0.427. The SMILES string of the molecule is Cc1cc(C)n2nc(C(=O)NC3COCC3n3nc4c(cc3=O)CCCC4)nc2n1. The van der Waals surface area contributed by atoms with Crippen LogP contribution in [0.5, 0.6) is 0 Å². The maximum Gasteiger partial charge on any atom is 0.291 e. The second-order valence-corrected chi connectivity index (χ2v) is 7.98. The summed E-state index contributed by atoms with van der Waals surface area (Å²) in [5, 5.41) is 11.8. The quantitative estimate of drug-likeness (QED) is 0.671. The number of hydrogen-bond acceptors (Lipinski definition) is 7. The molecule has 0 aromatic carbocycles. The van der Waals surface area contributed by atoms with E-state index in [1.54, 1.807) is 10.6 Å². The third kappa shape index (κ3) is 3.26. The van der Waals surface area contributed by atoms with Crippen molar-refractivity contribution in [3.63, 3.8) is 0 Å². The van der Waals surface area contributed by atoms with Gasteiger partial charge < -0.3 is 10.1 Å². The van der Waals surface area contributed by atoms with E-state index in [1.165, 1.54) is 4.68 Å². The van der Waals surface area contributed by atoms with Crippen LogP contribution in [0.2, 0.25) is 0 Å². The molecule has 10 heteroatoms. The highest BCUT2D eigenvalue weighted by molar-refractivity contribution is 5.91. The van der Waals surface area contributed by atoms with Gasteiger partial charge in [0.25, 0.3) is 17.2 Å². The summed E-state index contributed by atoms with van der Waals surface area (Å²) in [4.78, 5) is 34.1. The van der Waals surface area contributed by atoms with E-state index in [2.05, 4.69) is 25.5 Å². The van der Waals surface area contributed by atoms with Crippen LogP contribution in [0.15, 0.2) is 16.9 Å². The topological polar surface area (TPSA) is 116 Å². The first-order chi connectivity index (χ1) is 14.5. The standard InChI is InChI=1S/C20H23N7O3/c1-11-7-12(2)26-20(21-11)23-18(25-26)19(29)22-15-9-30-10-16(15)27-17(28)8-13-5-3-4-6-14(13)24-27/h7-8,15-16H,3-6,9-10H2,1-2H3,(H,22,29). The van der Waals surface area contributed by atoms with Crippen molar-refractivity contribution in [3.05, 3.63) is 51.0 Å². The lowest BCUT2D eigenvalue weighted by molar-refractivity contribution is 0.0914. The van der Waals surface area contributed by atoms with Gasteiger partial charge in [0.15, 0.2) is 0 Å². The molecule has 2 aliphatic rings. The minimum Gasteiger partial charge on any atom is -0.377 e. The van der Waals surface area contributed by atoms with Crippen LogP contribution in [0.3, 0.4) is 0 Å². The molecule has 1 aliphatic heterocycles. The highest BCUT2D eigenvalue weighted by atomic mass is 16.5. The molecule has 3 aromatic heterocycles. The van der Waals surface area contributed by atoms with Gasteiger partial charge in [-0.3, -0.25) is 9.59 Å². The number of nitrogens with zero attached hydrogens (tertiary/aromatic N) is 6. The fourth-order valence-electron chi connectivity index (χ4n) is 4.23. The molecule has 1 N–H and O–H groups in total. The van der Waals surface area contributed by atoms with Crippen LogP contribution in [0, 0.1) is 13.8 Å². The largest absolute Gasteiger partial charge is 0.377 e. The van der Waals surface area contributed by atoms with Gasteiger partial charge in [0, 0.05) is 17.5 Å². The van der Waals surface area contributed by atoms with E-state index < -0.39 is 11.9 Å². The number of aryl methyl sites for hydroxylation is 4. The van der Waals surface area contributed by atoms with E-state index in [1.807, 2.05) is 19.9 Å². The Kier molecular flexibility index (Phi) is 4.58. The molecule has 4 heterocycles. The van der Waals surface area contributed by atoms with Crippen molar-refractivity contribution < 1.29 is 9.53 Å². The van der Waals surface area contributed by atoms with Gasteiger partial charge in [-0.15, -0.1) is 5.10 Å². The highest BCUT2D eigenvalue weighted by Gasteiger charge is 2.34. The van der Waals surface area contributed by atoms with Crippen LogP contribution < -0.4 is 10.9 Å². The van der Waals surface area contributed by atoms with Crippen molar-refractivity contribution in [1.29, 1.82) is 0 Å². The zero-order valence-corrected chi connectivity index (χ0v) is 17.0. The molecule has 2 unspecified atom stereocenters. The molecule has 10 nitrogen and oxygen atoms in total. The molecule has 0 bridgehead atoms. The van der Waals surface area contributed by atoms with Crippen molar-refractivity contribution in [1.82, 2.24) is 34.7 Å². The Hall–Kier alpha value is -3.14. The molecular weight excluding hydrogens is 386 g/mol. The Bertz CT molecular complexity index is 1200. The van der Waals surface area contributed by atoms with Crippen LogP contribution in [-0.2, 0) is 17.6 Å². The Labute approximate surface area is 172 Å². The molecule has 0 saturated carbocycles. The summed E-state index contributed by atoms with van der Waals surface area (Å²) in [5.41, 5.74) is 3.50. The van der Waals surface area contributed by atoms with E-state index >= 15 is 0 Å². The predicted molar refractivity (Wildman–Crippen MR) is 107 cm³/mol. The monoisotopic (exact) mass is 409 g/mol. The highest BCUT2D eigenvalue weighted by Crippen LogP contribution is 2.21. The lowest BCUT2D eigenvalue weighted by Crippen LogP contribution is -2.44. The number of carbonyl (C=O) groups excluding carboxylic acids is 1. The van der Waals surface area contributed by atoms with Crippen molar-refractivity contribution in [3.8, 4) is 0 Å². The average Bonchev–Trinajstić information content (AvgIpc) is 3.34. The number of hydrogen-bond donors (Lipinski definition) is 1. The molecule has 1 aliphatic carbocycles. The number of nitrogens with one attached hydrogen (secondary N) is 1. The summed E-state index contributed by atoms with van der Waals surface area (Å²) < 4.78 is 8.59. The lowest BCUT2D eigenvalue weighted by atomic mass is 9.97. The van der Waals surface area contributed by atoms with Crippen LogP contribution in [0.4, 0.5) is 0 Å². The fourth-order valence-corrected chi connectivity index (χ4v) is 4.23. The predicted octanol–water partition coefficient (Wildman–Crippen LogP) is 0.547. The van der Waals surface area contributed by atoms with Crippen LogP contribution in [0.1, 0.15) is 52.1 Å². The van der Waals surface area contributed by atoms with Crippen LogP contribution >= 0.6 is 0 Å². The van der Waals surface area contributed by atoms with Crippen LogP contribution in [-0.4, -0.2) is 54.5 Å². The zero-order valence-electron chi connectivity index (χ0n) is 17.0. The molecule has 1 fully saturated rings. The summed E-state index contributed by atoms with van der Waals surface area (Å²) >= 11 is 0. The van der Waals surface area contributed by atoms with Crippen molar-refractivity contribution >= 4 is 11.7 Å². The third-order valence-corrected chi connectivity index (χ3v) is 5.73. The second kappa shape index (κ2) is 7.28. The van der Waals surface area contributed by atoms with E-state index in [4.69, 9.17) is 4.74 Å². The molecule has 30 heavy (non-hydrogen) atoms. The van der Waals surface area contributed by atoms with E-state index in [0.717, 1.165) is 48.3 Å². The maximum absolute atomic E-state index is 12.8. The molecule has 1 saturated heterocycles. The van der Waals surface area contributed by atoms with Gasteiger partial charge in [-0.1, -0.05) is 0 Å². The molecule has 156 valence electrons. The van der Waals surface area contributed by atoms with Gasteiger partial charge in [-0.05, 0) is 51.2 Å². The first-order valence-electron chi connectivity index (χ1n) is 10.2. The number of aromatic nitrogens is 6. The van der Waals surface area contributed by atoms with Gasteiger partial charge in [0.1, 0.15) is 6.04 Å². The Balaban J connectivity index is 1.40. The van der Waals surface area contributed by atoms with E-state index in [-0.39, 0.29) is 17.4 Å². The fraction of sp³-hybridized carbons (Fsp3) is 0.500. The first kappa shape index (κ1) is 18.9. The summed E-state index contributed by atoms with van der Waals surface area (Å²) in [6.45, 7) is 4.36. The molecule has 2 atom stereocenters. The smallest absolute Gasteiger partial charge is 0.291 e.